The maximum atomic E-state index is 13.9. The van der Waals surface area contributed by atoms with Crippen LogP contribution in [-0.2, 0) is 25.7 Å². The second-order valence-corrected chi connectivity index (χ2v) is 12.5. The Morgan fingerprint density at radius 1 is 1.00 bits per heavy atom. The molecule has 0 aliphatic carbocycles. The van der Waals surface area contributed by atoms with Crippen LogP contribution in [0.3, 0.4) is 0 Å². The lowest BCUT2D eigenvalue weighted by Gasteiger charge is -2.37. The third-order valence-corrected chi connectivity index (χ3v) is 9.25. The van der Waals surface area contributed by atoms with Gasteiger partial charge in [-0.05, 0) is 78.1 Å². The number of nitriles is 1. The average molecular weight is 678 g/mol. The molecule has 10 heteroatoms. The third kappa shape index (κ3) is 6.20. The summed E-state index contributed by atoms with van der Waals surface area (Å²) in [6, 6.07) is 27.6. The Labute approximate surface area is 289 Å². The molecule has 1 N–H and O–H groups in total. The number of fused-ring (bicyclic) bond motifs is 1. The molecule has 3 aromatic heterocycles. The Morgan fingerprint density at radius 3 is 2.46 bits per heavy atom. The van der Waals surface area contributed by atoms with Crippen molar-refractivity contribution in [3.63, 3.8) is 0 Å². The summed E-state index contributed by atoms with van der Waals surface area (Å²) in [5, 5.41) is 15.0. The van der Waals surface area contributed by atoms with Crippen LogP contribution in [0.4, 0.5) is 0 Å². The van der Waals surface area contributed by atoms with Gasteiger partial charge >= 0.3 is 0 Å². The fraction of sp³-hybridized carbons (Fsp3) is 0.211. The van der Waals surface area contributed by atoms with Gasteiger partial charge < -0.3 is 13.9 Å². The number of methoxy groups -OCH3 is 1. The molecule has 0 radical (unpaired) electrons. The first-order valence-electron chi connectivity index (χ1n) is 15.5. The van der Waals surface area contributed by atoms with Gasteiger partial charge in [0.1, 0.15) is 16.4 Å². The number of hydrogen-bond donors (Lipinski definition) is 1. The summed E-state index contributed by atoms with van der Waals surface area (Å²) in [6.45, 7) is 2.76. The SMILES string of the molecule is COc1ccc(CNC(c2ccc(Cl)nc2)(c2ccc3c(c2)c(-c2cccc(Cl)c2)c(C)c(=O)n3CCCC#N)c2cncn2C)cc1. The Morgan fingerprint density at radius 2 is 1.79 bits per heavy atom. The Bertz CT molecular complexity index is 2190. The molecule has 242 valence electrons. The van der Waals surface area contributed by atoms with Gasteiger partial charge in [-0.1, -0.05) is 59.6 Å². The number of rotatable bonds is 11. The third-order valence-electron chi connectivity index (χ3n) is 8.79. The van der Waals surface area contributed by atoms with E-state index in [0.717, 1.165) is 50.2 Å². The molecule has 3 aromatic carbocycles. The van der Waals surface area contributed by atoms with E-state index in [1.165, 1.54) is 0 Å². The van der Waals surface area contributed by atoms with Gasteiger partial charge in [-0.25, -0.2) is 9.97 Å². The van der Waals surface area contributed by atoms with Crippen LogP contribution in [-0.4, -0.2) is 26.2 Å². The van der Waals surface area contributed by atoms with Crippen molar-refractivity contribution in [2.45, 2.75) is 38.4 Å². The van der Waals surface area contributed by atoms with Crippen LogP contribution in [0.25, 0.3) is 22.0 Å². The normalized spacial score (nSPS) is 12.5. The zero-order valence-electron chi connectivity index (χ0n) is 26.9. The van der Waals surface area contributed by atoms with Crippen molar-refractivity contribution < 1.29 is 4.74 Å². The lowest BCUT2D eigenvalue weighted by atomic mass is 9.79. The van der Waals surface area contributed by atoms with E-state index in [1.54, 1.807) is 30.3 Å². The molecule has 0 fully saturated rings. The molecular weight excluding hydrogens is 643 g/mol. The topological polar surface area (TPSA) is 97.8 Å². The fourth-order valence-electron chi connectivity index (χ4n) is 6.43. The van der Waals surface area contributed by atoms with Gasteiger partial charge in [0.05, 0.1) is 36.9 Å². The van der Waals surface area contributed by atoms with Crippen molar-refractivity contribution in [2.24, 2.45) is 7.05 Å². The predicted octanol–water partition coefficient (Wildman–Crippen LogP) is 7.81. The molecule has 0 aliphatic heterocycles. The van der Waals surface area contributed by atoms with E-state index in [1.807, 2.05) is 91.5 Å². The zero-order chi connectivity index (χ0) is 33.8. The molecule has 0 saturated heterocycles. The van der Waals surface area contributed by atoms with Crippen LogP contribution in [0.5, 0.6) is 5.75 Å². The van der Waals surface area contributed by atoms with Crippen LogP contribution in [0.2, 0.25) is 10.2 Å². The predicted molar refractivity (Wildman–Crippen MR) is 190 cm³/mol. The minimum atomic E-state index is -0.960. The highest BCUT2D eigenvalue weighted by atomic mass is 35.5. The van der Waals surface area contributed by atoms with E-state index in [0.29, 0.717) is 41.7 Å². The number of nitrogens with zero attached hydrogens (tertiary/aromatic N) is 5. The second kappa shape index (κ2) is 14.0. The number of benzene rings is 3. The number of halogens is 2. The van der Waals surface area contributed by atoms with Crippen LogP contribution >= 0.6 is 23.2 Å². The minimum Gasteiger partial charge on any atom is -0.497 e. The number of hydrogen-bond acceptors (Lipinski definition) is 6. The number of ether oxygens (including phenoxy) is 1. The first-order chi connectivity index (χ1) is 23.3. The Balaban J connectivity index is 1.66. The highest BCUT2D eigenvalue weighted by molar-refractivity contribution is 6.31. The molecule has 3 heterocycles. The van der Waals surface area contributed by atoms with Gasteiger partial charge in [0.25, 0.3) is 5.56 Å². The van der Waals surface area contributed by atoms with Gasteiger partial charge in [0.15, 0.2) is 0 Å². The van der Waals surface area contributed by atoms with Crippen molar-refractivity contribution in [1.29, 1.82) is 5.26 Å². The summed E-state index contributed by atoms with van der Waals surface area (Å²) in [6.07, 6.45) is 6.32. The number of nitrogens with one attached hydrogen (secondary N) is 1. The number of aromatic nitrogens is 4. The first-order valence-corrected chi connectivity index (χ1v) is 16.3. The second-order valence-electron chi connectivity index (χ2n) is 11.7. The number of pyridine rings is 2. The number of imidazole rings is 1. The smallest absolute Gasteiger partial charge is 0.254 e. The molecule has 8 nitrogen and oxygen atoms in total. The van der Waals surface area contributed by atoms with E-state index >= 15 is 0 Å². The van der Waals surface area contributed by atoms with Crippen molar-refractivity contribution >= 4 is 34.1 Å². The molecule has 0 bridgehead atoms. The summed E-state index contributed by atoms with van der Waals surface area (Å²) < 4.78 is 9.16. The van der Waals surface area contributed by atoms with E-state index in [2.05, 4.69) is 27.4 Å². The van der Waals surface area contributed by atoms with Crippen molar-refractivity contribution in [2.75, 3.05) is 7.11 Å². The maximum absolute atomic E-state index is 13.9. The molecule has 0 saturated carbocycles. The minimum absolute atomic E-state index is 0.0967. The van der Waals surface area contributed by atoms with E-state index in [4.69, 9.17) is 27.9 Å². The average Bonchev–Trinajstić information content (AvgIpc) is 3.53. The summed E-state index contributed by atoms with van der Waals surface area (Å²) in [4.78, 5) is 22.9. The molecule has 0 amide bonds. The van der Waals surface area contributed by atoms with Crippen molar-refractivity contribution in [1.82, 2.24) is 24.4 Å². The summed E-state index contributed by atoms with van der Waals surface area (Å²) in [7, 11) is 3.61. The van der Waals surface area contributed by atoms with Gasteiger partial charge in [0, 0.05) is 54.3 Å². The summed E-state index contributed by atoms with van der Waals surface area (Å²) in [5.41, 5.74) is 5.64. The Hall–Kier alpha value is -4.94. The molecule has 0 spiro atoms. The van der Waals surface area contributed by atoms with Gasteiger partial charge in [-0.3, -0.25) is 10.1 Å². The molecule has 1 atom stereocenters. The highest BCUT2D eigenvalue weighted by Crippen LogP contribution is 2.40. The highest BCUT2D eigenvalue weighted by Gasteiger charge is 2.39. The largest absolute Gasteiger partial charge is 0.497 e. The van der Waals surface area contributed by atoms with E-state index in [-0.39, 0.29) is 5.56 Å². The van der Waals surface area contributed by atoms with Crippen molar-refractivity contribution in [3.8, 4) is 22.9 Å². The molecule has 1 unspecified atom stereocenters. The molecule has 48 heavy (non-hydrogen) atoms. The lowest BCUT2D eigenvalue weighted by Crippen LogP contribution is -2.45. The molecule has 0 aliphatic rings. The summed E-state index contributed by atoms with van der Waals surface area (Å²) in [5.74, 6) is 0.776. The lowest BCUT2D eigenvalue weighted by molar-refractivity contribution is 0.414. The number of unbranched alkanes of at least 4 members (excludes halogenated alkanes) is 1. The van der Waals surface area contributed by atoms with Crippen LogP contribution < -0.4 is 15.6 Å². The molecule has 6 rings (SSSR count). The standard InChI is InChI=1S/C38H34Cl2N6O2/c1-25-36(27-7-6-8-30(39)19-27)32-20-28(11-15-33(32)46(37(25)47)18-5-4-17-41)38(34-23-42-24-45(34)2,29-12-16-35(40)43-22-29)44-21-26-9-13-31(48-3)14-10-26/h6-16,19-20,22-24,44H,4-5,18,21H2,1-3H3. The van der Waals surface area contributed by atoms with Crippen LogP contribution in [0, 0.1) is 18.3 Å². The molecule has 6 aromatic rings. The van der Waals surface area contributed by atoms with E-state index in [9.17, 15) is 10.1 Å². The first kappa shape index (κ1) is 33.0. The monoisotopic (exact) mass is 676 g/mol. The fourth-order valence-corrected chi connectivity index (χ4v) is 6.73. The summed E-state index contributed by atoms with van der Waals surface area (Å²) >= 11 is 12.8. The zero-order valence-corrected chi connectivity index (χ0v) is 28.4. The van der Waals surface area contributed by atoms with Crippen molar-refractivity contribution in [3.05, 3.63) is 146 Å². The van der Waals surface area contributed by atoms with Gasteiger partial charge in [0.2, 0.25) is 0 Å². The van der Waals surface area contributed by atoms with Crippen LogP contribution in [0.15, 0.2) is 102 Å². The molecular formula is C38H34Cl2N6O2. The van der Waals surface area contributed by atoms with Gasteiger partial charge in [-0.2, -0.15) is 5.26 Å². The quantitative estimate of drug-likeness (QED) is 0.111. The maximum Gasteiger partial charge on any atom is 0.254 e. The number of aryl methyl sites for hydroxylation is 2. The Kier molecular flexibility index (Phi) is 9.65. The van der Waals surface area contributed by atoms with Crippen LogP contribution in [0.1, 0.15) is 40.8 Å². The van der Waals surface area contributed by atoms with E-state index < -0.39 is 5.54 Å². The van der Waals surface area contributed by atoms with Gasteiger partial charge in [-0.15, -0.1) is 0 Å².